The molecule has 80 valence electrons. The van der Waals surface area contributed by atoms with Crippen LogP contribution < -0.4 is 10.6 Å². The summed E-state index contributed by atoms with van der Waals surface area (Å²) in [5, 5.41) is 8.93. The Labute approximate surface area is 86.0 Å². The number of nitrogens with zero attached hydrogens (tertiary/aromatic N) is 1. The Balaban J connectivity index is 1.88. The fraction of sp³-hybridized carbons (Fsp3) is 0.444. The molecule has 6 nitrogen and oxygen atoms in total. The molecule has 1 aliphatic rings. The highest BCUT2D eigenvalue weighted by Crippen LogP contribution is 2.05. The molecule has 1 aromatic heterocycles. The van der Waals surface area contributed by atoms with Crippen LogP contribution in [0.25, 0.3) is 0 Å². The number of carbonyl (C=O) groups is 2. The highest BCUT2D eigenvalue weighted by atomic mass is 16.5. The molecule has 2 heterocycles. The van der Waals surface area contributed by atoms with Gasteiger partial charge in [0, 0.05) is 12.6 Å². The summed E-state index contributed by atoms with van der Waals surface area (Å²) in [7, 11) is 0. The summed E-state index contributed by atoms with van der Waals surface area (Å²) in [5.74, 6) is 0.202. The van der Waals surface area contributed by atoms with Crippen LogP contribution in [-0.4, -0.2) is 23.0 Å². The minimum atomic E-state index is -0.450. The average molecular weight is 209 g/mol. The Hall–Kier alpha value is -1.69. The molecule has 1 aromatic rings. The van der Waals surface area contributed by atoms with Crippen LogP contribution in [-0.2, 0) is 16.1 Å². The van der Waals surface area contributed by atoms with Gasteiger partial charge in [-0.15, -0.1) is 0 Å². The van der Waals surface area contributed by atoms with Crippen LogP contribution >= 0.6 is 0 Å². The lowest BCUT2D eigenvalue weighted by Gasteiger charge is -2.05. The van der Waals surface area contributed by atoms with Gasteiger partial charge in [0.1, 0.15) is 5.76 Å². The maximum Gasteiger partial charge on any atom is 0.244 e. The quantitative estimate of drug-likeness (QED) is 0.655. The van der Waals surface area contributed by atoms with Gasteiger partial charge in [-0.3, -0.25) is 20.2 Å². The third-order valence-corrected chi connectivity index (χ3v) is 2.17. The van der Waals surface area contributed by atoms with E-state index in [-0.39, 0.29) is 18.2 Å². The van der Waals surface area contributed by atoms with Crippen LogP contribution in [0.5, 0.6) is 0 Å². The lowest BCUT2D eigenvalue weighted by molar-refractivity contribution is -0.125. The Morgan fingerprint density at radius 1 is 1.67 bits per heavy atom. The van der Waals surface area contributed by atoms with Crippen molar-refractivity contribution in [1.29, 1.82) is 0 Å². The molecule has 15 heavy (non-hydrogen) atoms. The van der Waals surface area contributed by atoms with Crippen LogP contribution in [0.15, 0.2) is 10.6 Å². The van der Waals surface area contributed by atoms with Crippen LogP contribution in [0.1, 0.15) is 17.9 Å². The molecular formula is C9H11N3O3. The lowest BCUT2D eigenvalue weighted by Crippen LogP contribution is -2.35. The minimum absolute atomic E-state index is 0.190. The van der Waals surface area contributed by atoms with Crippen molar-refractivity contribution in [3.63, 3.8) is 0 Å². The first-order chi connectivity index (χ1) is 7.15. The van der Waals surface area contributed by atoms with Crippen molar-refractivity contribution in [3.8, 4) is 0 Å². The minimum Gasteiger partial charge on any atom is -0.361 e. The maximum absolute atomic E-state index is 11.2. The van der Waals surface area contributed by atoms with E-state index in [1.165, 1.54) is 0 Å². The van der Waals surface area contributed by atoms with Gasteiger partial charge in [0.2, 0.25) is 11.8 Å². The first-order valence-electron chi connectivity index (χ1n) is 4.64. The van der Waals surface area contributed by atoms with E-state index in [0.29, 0.717) is 6.54 Å². The Morgan fingerprint density at radius 3 is 3.00 bits per heavy atom. The molecule has 1 unspecified atom stereocenters. The van der Waals surface area contributed by atoms with Crippen molar-refractivity contribution in [2.45, 2.75) is 25.9 Å². The van der Waals surface area contributed by atoms with Gasteiger partial charge >= 0.3 is 0 Å². The molecule has 0 bridgehead atoms. The summed E-state index contributed by atoms with van der Waals surface area (Å²) >= 11 is 0. The number of carbonyl (C=O) groups excluding carboxylic acids is 2. The van der Waals surface area contributed by atoms with Crippen LogP contribution in [0.3, 0.4) is 0 Å². The van der Waals surface area contributed by atoms with E-state index < -0.39 is 6.04 Å². The molecule has 1 saturated heterocycles. The van der Waals surface area contributed by atoms with Gasteiger partial charge in [-0.25, -0.2) is 0 Å². The van der Waals surface area contributed by atoms with E-state index >= 15 is 0 Å². The Kier molecular flexibility index (Phi) is 2.51. The number of imide groups is 1. The number of hydrogen-bond acceptors (Lipinski definition) is 5. The highest BCUT2D eigenvalue weighted by Gasteiger charge is 2.29. The van der Waals surface area contributed by atoms with E-state index in [9.17, 15) is 9.59 Å². The fourth-order valence-electron chi connectivity index (χ4n) is 1.45. The molecule has 0 radical (unpaired) electrons. The predicted molar refractivity (Wildman–Crippen MR) is 49.6 cm³/mol. The van der Waals surface area contributed by atoms with Crippen molar-refractivity contribution in [3.05, 3.63) is 17.5 Å². The second-order valence-electron chi connectivity index (χ2n) is 3.48. The second-order valence-corrected chi connectivity index (χ2v) is 3.48. The normalized spacial score (nSPS) is 20.7. The van der Waals surface area contributed by atoms with Crippen molar-refractivity contribution in [2.24, 2.45) is 0 Å². The number of aromatic nitrogens is 1. The number of amides is 2. The predicted octanol–water partition coefficient (Wildman–Crippen LogP) is -0.512. The van der Waals surface area contributed by atoms with E-state index in [4.69, 9.17) is 4.52 Å². The Bertz CT molecular complexity index is 399. The molecular weight excluding hydrogens is 198 g/mol. The van der Waals surface area contributed by atoms with Crippen molar-refractivity contribution < 1.29 is 14.1 Å². The smallest absolute Gasteiger partial charge is 0.244 e. The topological polar surface area (TPSA) is 84.2 Å². The lowest BCUT2D eigenvalue weighted by atomic mass is 10.2. The average Bonchev–Trinajstić information content (AvgIpc) is 2.70. The zero-order chi connectivity index (χ0) is 10.8. The molecule has 1 aliphatic heterocycles. The second kappa shape index (κ2) is 3.82. The van der Waals surface area contributed by atoms with E-state index in [1.807, 2.05) is 0 Å². The largest absolute Gasteiger partial charge is 0.361 e. The maximum atomic E-state index is 11.2. The molecule has 1 atom stereocenters. The number of nitrogens with one attached hydrogen (secondary N) is 2. The number of aryl methyl sites for hydroxylation is 1. The van der Waals surface area contributed by atoms with E-state index in [0.717, 1.165) is 11.5 Å². The van der Waals surface area contributed by atoms with Crippen LogP contribution in [0.4, 0.5) is 0 Å². The first-order valence-corrected chi connectivity index (χ1v) is 4.64. The van der Waals surface area contributed by atoms with Gasteiger partial charge in [0.05, 0.1) is 18.2 Å². The molecule has 2 amide bonds. The van der Waals surface area contributed by atoms with Gasteiger partial charge < -0.3 is 4.52 Å². The third-order valence-electron chi connectivity index (χ3n) is 2.17. The molecule has 2 rings (SSSR count). The first kappa shape index (κ1) is 9.85. The van der Waals surface area contributed by atoms with Crippen LogP contribution in [0.2, 0.25) is 0 Å². The molecule has 0 aliphatic carbocycles. The zero-order valence-corrected chi connectivity index (χ0v) is 8.24. The summed E-state index contributed by atoms with van der Waals surface area (Å²) in [5.41, 5.74) is 0.722. The van der Waals surface area contributed by atoms with E-state index in [2.05, 4.69) is 15.8 Å². The highest BCUT2D eigenvalue weighted by molar-refractivity contribution is 6.05. The Morgan fingerprint density at radius 2 is 2.47 bits per heavy atom. The van der Waals surface area contributed by atoms with Crippen molar-refractivity contribution in [2.75, 3.05) is 0 Å². The molecule has 0 aromatic carbocycles. The summed E-state index contributed by atoms with van der Waals surface area (Å²) in [6, 6.07) is 1.33. The van der Waals surface area contributed by atoms with Gasteiger partial charge in [-0.2, -0.15) is 0 Å². The van der Waals surface area contributed by atoms with Crippen molar-refractivity contribution >= 4 is 11.8 Å². The summed E-state index contributed by atoms with van der Waals surface area (Å²) in [6.07, 6.45) is 0.190. The summed E-state index contributed by atoms with van der Waals surface area (Å²) in [6.45, 7) is 2.21. The standard InChI is InChI=1S/C9H11N3O3/c1-5-2-6(12-15-5)4-10-7-3-8(13)11-9(7)14/h2,7,10H,3-4H2,1H3,(H,11,13,14). The van der Waals surface area contributed by atoms with Crippen molar-refractivity contribution in [1.82, 2.24) is 15.8 Å². The zero-order valence-electron chi connectivity index (χ0n) is 8.24. The monoisotopic (exact) mass is 209 g/mol. The van der Waals surface area contributed by atoms with Gasteiger partial charge in [-0.05, 0) is 6.92 Å². The van der Waals surface area contributed by atoms with E-state index in [1.54, 1.807) is 13.0 Å². The summed E-state index contributed by atoms with van der Waals surface area (Å²) < 4.78 is 4.87. The molecule has 6 heteroatoms. The van der Waals surface area contributed by atoms with Gasteiger partial charge in [0.25, 0.3) is 0 Å². The third kappa shape index (κ3) is 2.21. The molecule has 0 saturated carbocycles. The van der Waals surface area contributed by atoms with Gasteiger partial charge in [0.15, 0.2) is 0 Å². The van der Waals surface area contributed by atoms with Crippen LogP contribution in [0, 0.1) is 6.92 Å². The SMILES string of the molecule is Cc1cc(CNC2CC(=O)NC2=O)no1. The van der Waals surface area contributed by atoms with Gasteiger partial charge in [-0.1, -0.05) is 5.16 Å². The molecule has 1 fully saturated rings. The number of hydrogen-bond donors (Lipinski definition) is 2. The summed E-state index contributed by atoms with van der Waals surface area (Å²) in [4.78, 5) is 22.0. The molecule has 0 spiro atoms. The fourth-order valence-corrected chi connectivity index (χ4v) is 1.45. The number of rotatable bonds is 3. The molecule has 2 N–H and O–H groups in total.